The Labute approximate surface area is 409 Å². The summed E-state index contributed by atoms with van der Waals surface area (Å²) >= 11 is 3.61. The van der Waals surface area contributed by atoms with E-state index in [1.165, 1.54) is 12.1 Å². The largest absolute Gasteiger partial charge is 0.494 e. The van der Waals surface area contributed by atoms with E-state index >= 15 is 8.78 Å². The molecule has 69 heavy (non-hydrogen) atoms. The molecular formula is C50H58BrF2N10O5P. The standard InChI is InChI=1S/C50H58BrF2N10O5P/c1-6-30-22-41(57-50-55-27-37(51)47(59-50)56-40-9-7-31-21-29(2)54-26-36(31)46(40)69(4,5)67)43(68-3)25-42(30)61-15-12-33(13-16-61)60-17-19-62(20-18-60)49(66)32-11-14-63(28-32)34-23-38(52)45(39(53)24-34)35-8-10-44(64)58-48(35)65/h7,9,21-27,32-33,35H,6,8,10-20,28H2,1-5H3,(H,58,64,65)(H2,55,56,57,59)/t32-,35-/m1/s1. The van der Waals surface area contributed by atoms with Crippen molar-refractivity contribution in [1.82, 2.24) is 30.1 Å². The molecule has 2 aromatic heterocycles. The van der Waals surface area contributed by atoms with Crippen LogP contribution in [-0.2, 0) is 25.4 Å². The van der Waals surface area contributed by atoms with Crippen LogP contribution in [0.25, 0.3) is 10.8 Å². The third-order valence-electron chi connectivity index (χ3n) is 14.1. The number of hydrogen-bond acceptors (Lipinski definition) is 13. The number of nitrogens with one attached hydrogen (secondary N) is 3. The lowest BCUT2D eigenvalue weighted by Crippen LogP contribution is -2.55. The van der Waals surface area contributed by atoms with Crippen LogP contribution in [0.15, 0.2) is 59.3 Å². The van der Waals surface area contributed by atoms with Crippen LogP contribution >= 0.6 is 23.1 Å². The maximum Gasteiger partial charge on any atom is 0.234 e. The zero-order valence-electron chi connectivity index (χ0n) is 39.6. The molecule has 0 bridgehead atoms. The van der Waals surface area contributed by atoms with Gasteiger partial charge in [0.1, 0.15) is 30.3 Å². The van der Waals surface area contributed by atoms with E-state index in [-0.39, 0.29) is 30.2 Å². The number of hydrogen-bond donors (Lipinski definition) is 3. The van der Waals surface area contributed by atoms with Crippen molar-refractivity contribution in [1.29, 1.82) is 0 Å². The van der Waals surface area contributed by atoms with E-state index in [0.717, 1.165) is 78.8 Å². The topological polar surface area (TPSA) is 165 Å². The van der Waals surface area contributed by atoms with Gasteiger partial charge in [0.15, 0.2) is 0 Å². The molecule has 19 heteroatoms. The number of carbonyl (C=O) groups excluding carboxylic acids is 3. The van der Waals surface area contributed by atoms with Crippen LogP contribution in [-0.4, -0.2) is 121 Å². The molecule has 9 rings (SSSR count). The van der Waals surface area contributed by atoms with Crippen LogP contribution < -0.4 is 35.8 Å². The summed E-state index contributed by atoms with van der Waals surface area (Å²) in [5.41, 5.74) is 4.63. The first-order valence-electron chi connectivity index (χ1n) is 23.7. The Morgan fingerprint density at radius 3 is 2.30 bits per heavy atom. The molecular weight excluding hydrogens is 969 g/mol. The van der Waals surface area contributed by atoms with Gasteiger partial charge in [-0.2, -0.15) is 4.98 Å². The molecule has 4 aliphatic heterocycles. The fourth-order valence-electron chi connectivity index (χ4n) is 10.5. The second-order valence-electron chi connectivity index (χ2n) is 18.9. The predicted molar refractivity (Wildman–Crippen MR) is 269 cm³/mol. The molecule has 364 valence electrons. The van der Waals surface area contributed by atoms with Crippen molar-refractivity contribution >= 4 is 91.4 Å². The van der Waals surface area contributed by atoms with Crippen molar-refractivity contribution < 1.29 is 32.5 Å². The van der Waals surface area contributed by atoms with Gasteiger partial charge >= 0.3 is 0 Å². The lowest BCUT2D eigenvalue weighted by molar-refractivity contribution is -0.137. The Balaban J connectivity index is 0.796. The molecule has 0 spiro atoms. The van der Waals surface area contributed by atoms with E-state index in [1.807, 2.05) is 34.9 Å². The van der Waals surface area contributed by atoms with Gasteiger partial charge < -0.3 is 34.6 Å². The minimum Gasteiger partial charge on any atom is -0.494 e. The smallest absolute Gasteiger partial charge is 0.234 e. The number of amides is 3. The number of fused-ring (bicyclic) bond motifs is 1. The Morgan fingerprint density at radius 1 is 0.899 bits per heavy atom. The summed E-state index contributed by atoms with van der Waals surface area (Å²) < 4.78 is 50.9. The van der Waals surface area contributed by atoms with Gasteiger partial charge in [0.05, 0.1) is 34.8 Å². The van der Waals surface area contributed by atoms with Gasteiger partial charge in [0.25, 0.3) is 0 Å². The second-order valence-corrected chi connectivity index (χ2v) is 22.9. The van der Waals surface area contributed by atoms with Crippen LogP contribution in [0.5, 0.6) is 5.75 Å². The molecule has 0 aliphatic carbocycles. The van der Waals surface area contributed by atoms with E-state index in [2.05, 4.69) is 70.7 Å². The predicted octanol–water partition coefficient (Wildman–Crippen LogP) is 7.84. The van der Waals surface area contributed by atoms with Crippen molar-refractivity contribution in [2.75, 3.05) is 93.2 Å². The molecule has 3 N–H and O–H groups in total. The number of aromatic nitrogens is 3. The number of halogens is 3. The van der Waals surface area contributed by atoms with E-state index in [9.17, 15) is 18.9 Å². The lowest BCUT2D eigenvalue weighted by Gasteiger charge is -2.44. The molecule has 15 nitrogen and oxygen atoms in total. The monoisotopic (exact) mass is 1030 g/mol. The van der Waals surface area contributed by atoms with Crippen molar-refractivity contribution in [2.24, 2.45) is 5.92 Å². The first-order chi connectivity index (χ1) is 33.1. The molecule has 0 radical (unpaired) electrons. The molecule has 3 aromatic carbocycles. The number of benzene rings is 3. The van der Waals surface area contributed by atoms with Gasteiger partial charge in [0.2, 0.25) is 23.7 Å². The summed E-state index contributed by atoms with van der Waals surface area (Å²) in [5.74, 6) is -2.50. The minimum atomic E-state index is -2.75. The Hall–Kier alpha value is -5.71. The molecule has 6 heterocycles. The fraction of sp³-hybridized carbons (Fsp3) is 0.440. The van der Waals surface area contributed by atoms with E-state index in [0.29, 0.717) is 77.3 Å². The number of carbonyl (C=O) groups is 3. The molecule has 2 atom stereocenters. The minimum absolute atomic E-state index is 0.0262. The van der Waals surface area contributed by atoms with Gasteiger partial charge in [-0.3, -0.25) is 29.6 Å². The fourth-order valence-corrected chi connectivity index (χ4v) is 12.3. The van der Waals surface area contributed by atoms with Gasteiger partial charge in [-0.15, -0.1) is 0 Å². The van der Waals surface area contributed by atoms with Crippen molar-refractivity contribution in [3.05, 3.63) is 87.8 Å². The normalized spacial score (nSPS) is 19.6. The van der Waals surface area contributed by atoms with Gasteiger partial charge in [-0.05, 0) is 110 Å². The average Bonchev–Trinajstić information content (AvgIpc) is 3.83. The van der Waals surface area contributed by atoms with Crippen LogP contribution in [0.3, 0.4) is 0 Å². The van der Waals surface area contributed by atoms with Gasteiger partial charge in [-0.1, -0.05) is 13.0 Å². The van der Waals surface area contributed by atoms with Crippen molar-refractivity contribution in [3.8, 4) is 5.75 Å². The summed E-state index contributed by atoms with van der Waals surface area (Å²) in [6.45, 7) is 13.0. The molecule has 4 aliphatic rings. The molecule has 4 fully saturated rings. The third-order valence-corrected chi connectivity index (χ3v) is 16.2. The maximum absolute atomic E-state index is 15.3. The summed E-state index contributed by atoms with van der Waals surface area (Å²) in [5, 5.41) is 11.5. The zero-order valence-corrected chi connectivity index (χ0v) is 42.1. The highest BCUT2D eigenvalue weighted by atomic mass is 79.9. The number of piperazine rings is 1. The van der Waals surface area contributed by atoms with Crippen LogP contribution in [0, 0.1) is 24.5 Å². The SMILES string of the molecule is CCc1cc(Nc2ncc(Br)c(Nc3ccc4cc(C)ncc4c3P(C)(C)=O)n2)c(OC)cc1N1CCC(N2CCN(C(=O)[C@@H]3CCN(c4cc(F)c([C@H]5CCC(=O)NC5=O)c(F)c4)C3)CC2)CC1. The molecule has 0 saturated carbocycles. The van der Waals surface area contributed by atoms with E-state index in [4.69, 9.17) is 9.72 Å². The van der Waals surface area contributed by atoms with Crippen molar-refractivity contribution in [2.45, 2.75) is 64.3 Å². The maximum atomic E-state index is 15.3. The van der Waals surface area contributed by atoms with E-state index < -0.39 is 36.5 Å². The highest BCUT2D eigenvalue weighted by molar-refractivity contribution is 9.10. The number of imide groups is 1. The number of nitrogens with zero attached hydrogens (tertiary/aromatic N) is 7. The first kappa shape index (κ1) is 48.3. The van der Waals surface area contributed by atoms with Crippen LogP contribution in [0.2, 0.25) is 0 Å². The third kappa shape index (κ3) is 10.2. The highest BCUT2D eigenvalue weighted by Crippen LogP contribution is 2.43. The number of piperidine rings is 2. The van der Waals surface area contributed by atoms with Crippen LogP contribution in [0.4, 0.5) is 43.3 Å². The summed E-state index contributed by atoms with van der Waals surface area (Å²) in [6.07, 6.45) is 6.90. The Kier molecular flexibility index (Phi) is 14.0. The quantitative estimate of drug-likeness (QED) is 0.0819. The Morgan fingerprint density at radius 2 is 1.62 bits per heavy atom. The van der Waals surface area contributed by atoms with Gasteiger partial charge in [0, 0.05) is 117 Å². The summed E-state index contributed by atoms with van der Waals surface area (Å²) in [4.78, 5) is 60.3. The number of ether oxygens (including phenoxy) is 1. The lowest BCUT2D eigenvalue weighted by atomic mass is 9.89. The molecule has 0 unspecified atom stereocenters. The zero-order chi connectivity index (χ0) is 48.7. The van der Waals surface area contributed by atoms with Crippen molar-refractivity contribution in [3.63, 3.8) is 0 Å². The number of rotatable bonds is 12. The second kappa shape index (κ2) is 20.0. The number of pyridine rings is 1. The number of methoxy groups -OCH3 is 1. The van der Waals surface area contributed by atoms with Crippen LogP contribution in [0.1, 0.15) is 61.8 Å². The summed E-state index contributed by atoms with van der Waals surface area (Å²) in [7, 11) is -1.09. The molecule has 3 amide bonds. The average molecular weight is 1030 g/mol. The summed E-state index contributed by atoms with van der Waals surface area (Å²) in [6, 6.07) is 13.0. The van der Waals surface area contributed by atoms with Gasteiger partial charge in [-0.25, -0.2) is 13.8 Å². The first-order valence-corrected chi connectivity index (χ1v) is 27.1. The molecule has 5 aromatic rings. The number of aryl methyl sites for hydroxylation is 2. The molecule has 4 saturated heterocycles. The highest BCUT2D eigenvalue weighted by Gasteiger charge is 2.37. The Bertz CT molecular complexity index is 2850. The number of anilines is 6. The van der Waals surface area contributed by atoms with E-state index in [1.54, 1.807) is 32.8 Å².